The number of aromatic nitrogens is 2. The minimum atomic E-state index is 0.161. The van der Waals surface area contributed by atoms with Crippen molar-refractivity contribution in [2.45, 2.75) is 26.3 Å². The maximum atomic E-state index is 5.33. The summed E-state index contributed by atoms with van der Waals surface area (Å²) in [5, 5.41) is 4.46. The molecule has 2 aromatic heterocycles. The van der Waals surface area contributed by atoms with Crippen molar-refractivity contribution >= 4 is 11.3 Å². The molecule has 0 aliphatic carbocycles. The van der Waals surface area contributed by atoms with Crippen LogP contribution in [0.5, 0.6) is 5.88 Å². The minimum Gasteiger partial charge on any atom is -0.481 e. The fourth-order valence-electron chi connectivity index (χ4n) is 2.01. The number of hydrogen-bond acceptors (Lipinski definition) is 5. The van der Waals surface area contributed by atoms with Crippen LogP contribution in [0.1, 0.15) is 27.2 Å². The van der Waals surface area contributed by atoms with E-state index in [2.05, 4.69) is 22.2 Å². The SMILES string of the molecule is CNC(Cc1nc(C)c(C)s1)c1cccnc1OC. The fourth-order valence-corrected chi connectivity index (χ4v) is 2.99. The van der Waals surface area contributed by atoms with E-state index in [0.717, 1.165) is 22.7 Å². The minimum absolute atomic E-state index is 0.161. The van der Waals surface area contributed by atoms with E-state index in [1.165, 1.54) is 4.88 Å². The standard InChI is InChI=1S/C14H19N3OS/c1-9-10(2)19-13(17-9)8-12(15-3)11-6-5-7-16-14(11)18-4/h5-7,12,15H,8H2,1-4H3. The number of nitrogens with one attached hydrogen (secondary N) is 1. The Hall–Kier alpha value is -1.46. The van der Waals surface area contributed by atoms with Crippen LogP contribution in [0.2, 0.25) is 0 Å². The molecule has 102 valence electrons. The summed E-state index contributed by atoms with van der Waals surface area (Å²) in [6.07, 6.45) is 2.59. The van der Waals surface area contributed by atoms with E-state index in [1.807, 2.05) is 26.1 Å². The molecule has 2 rings (SSSR count). The zero-order valence-corrected chi connectivity index (χ0v) is 12.5. The zero-order valence-electron chi connectivity index (χ0n) is 11.7. The third-order valence-electron chi connectivity index (χ3n) is 3.17. The molecule has 0 aliphatic heterocycles. The van der Waals surface area contributed by atoms with Crippen LogP contribution < -0.4 is 10.1 Å². The second-order valence-corrected chi connectivity index (χ2v) is 5.68. The lowest BCUT2D eigenvalue weighted by Gasteiger charge is -2.17. The molecule has 1 unspecified atom stereocenters. The summed E-state index contributed by atoms with van der Waals surface area (Å²) < 4.78 is 5.33. The lowest BCUT2D eigenvalue weighted by atomic mass is 10.1. The highest BCUT2D eigenvalue weighted by Crippen LogP contribution is 2.27. The van der Waals surface area contributed by atoms with Crippen molar-refractivity contribution in [2.75, 3.05) is 14.2 Å². The van der Waals surface area contributed by atoms with Crippen LogP contribution in [0.25, 0.3) is 0 Å². The molecule has 0 spiro atoms. The van der Waals surface area contributed by atoms with Crippen LogP contribution in [-0.2, 0) is 6.42 Å². The van der Waals surface area contributed by atoms with E-state index in [-0.39, 0.29) is 6.04 Å². The highest BCUT2D eigenvalue weighted by atomic mass is 32.1. The Balaban J connectivity index is 2.24. The first-order valence-electron chi connectivity index (χ1n) is 6.24. The van der Waals surface area contributed by atoms with Gasteiger partial charge in [0.15, 0.2) is 0 Å². The topological polar surface area (TPSA) is 47.0 Å². The molecular formula is C14H19N3OS. The number of pyridine rings is 1. The fraction of sp³-hybridized carbons (Fsp3) is 0.429. The Morgan fingerprint density at radius 2 is 2.21 bits per heavy atom. The number of methoxy groups -OCH3 is 1. The van der Waals surface area contributed by atoms with Gasteiger partial charge in [-0.05, 0) is 27.0 Å². The molecule has 4 nitrogen and oxygen atoms in total. The van der Waals surface area contributed by atoms with E-state index in [4.69, 9.17) is 4.74 Å². The summed E-state index contributed by atoms with van der Waals surface area (Å²) in [6, 6.07) is 4.13. The van der Waals surface area contributed by atoms with E-state index < -0.39 is 0 Å². The number of likely N-dealkylation sites (N-methyl/N-ethyl adjacent to an activating group) is 1. The number of nitrogens with zero attached hydrogens (tertiary/aromatic N) is 2. The summed E-state index contributed by atoms with van der Waals surface area (Å²) in [6.45, 7) is 4.16. The van der Waals surface area contributed by atoms with Crippen molar-refractivity contribution in [1.82, 2.24) is 15.3 Å². The second kappa shape index (κ2) is 6.12. The quantitative estimate of drug-likeness (QED) is 0.912. The smallest absolute Gasteiger partial charge is 0.217 e. The first kappa shape index (κ1) is 14.0. The van der Waals surface area contributed by atoms with Crippen molar-refractivity contribution in [3.05, 3.63) is 39.5 Å². The molecule has 0 radical (unpaired) electrons. The van der Waals surface area contributed by atoms with Crippen LogP contribution in [0.4, 0.5) is 0 Å². The average molecular weight is 277 g/mol. The van der Waals surface area contributed by atoms with Crippen molar-refractivity contribution in [3.63, 3.8) is 0 Å². The molecule has 0 saturated heterocycles. The second-order valence-electron chi connectivity index (χ2n) is 4.40. The Morgan fingerprint density at radius 3 is 2.79 bits per heavy atom. The van der Waals surface area contributed by atoms with Crippen LogP contribution >= 0.6 is 11.3 Å². The number of thiazole rings is 1. The molecule has 2 aromatic rings. The zero-order chi connectivity index (χ0) is 13.8. The Bertz CT molecular complexity index is 534. The average Bonchev–Trinajstić information content (AvgIpc) is 2.75. The van der Waals surface area contributed by atoms with Crippen molar-refractivity contribution < 1.29 is 4.74 Å². The van der Waals surface area contributed by atoms with E-state index in [9.17, 15) is 0 Å². The lowest BCUT2D eigenvalue weighted by molar-refractivity contribution is 0.384. The molecule has 0 bridgehead atoms. The number of ether oxygens (including phenoxy) is 1. The Morgan fingerprint density at radius 1 is 1.42 bits per heavy atom. The highest BCUT2D eigenvalue weighted by molar-refractivity contribution is 7.11. The summed E-state index contributed by atoms with van der Waals surface area (Å²) >= 11 is 1.75. The number of rotatable bonds is 5. The predicted octanol–water partition coefficient (Wildman–Crippen LogP) is 2.67. The van der Waals surface area contributed by atoms with Gasteiger partial charge in [-0.1, -0.05) is 6.07 Å². The normalized spacial score (nSPS) is 12.4. The molecule has 1 atom stereocenters. The molecule has 0 amide bonds. The van der Waals surface area contributed by atoms with Crippen molar-refractivity contribution in [2.24, 2.45) is 0 Å². The molecule has 5 heteroatoms. The van der Waals surface area contributed by atoms with Gasteiger partial charge in [0, 0.05) is 29.1 Å². The highest BCUT2D eigenvalue weighted by Gasteiger charge is 2.17. The van der Waals surface area contributed by atoms with Gasteiger partial charge in [-0.25, -0.2) is 9.97 Å². The monoisotopic (exact) mass is 277 g/mol. The van der Waals surface area contributed by atoms with Gasteiger partial charge < -0.3 is 10.1 Å². The van der Waals surface area contributed by atoms with E-state index in [1.54, 1.807) is 24.6 Å². The third-order valence-corrected chi connectivity index (χ3v) is 4.26. The summed E-state index contributed by atoms with van der Waals surface area (Å²) in [5.74, 6) is 0.673. The van der Waals surface area contributed by atoms with Gasteiger partial charge in [-0.3, -0.25) is 0 Å². The summed E-state index contributed by atoms with van der Waals surface area (Å²) in [5.41, 5.74) is 2.19. The predicted molar refractivity (Wildman–Crippen MR) is 77.9 cm³/mol. The first-order valence-corrected chi connectivity index (χ1v) is 7.06. The molecule has 0 aliphatic rings. The molecular weight excluding hydrogens is 258 g/mol. The Labute approximate surface area is 117 Å². The Kier molecular flexibility index (Phi) is 4.50. The number of hydrogen-bond donors (Lipinski definition) is 1. The maximum absolute atomic E-state index is 5.33. The van der Waals surface area contributed by atoms with Gasteiger partial charge in [0.2, 0.25) is 5.88 Å². The van der Waals surface area contributed by atoms with Gasteiger partial charge in [-0.2, -0.15) is 0 Å². The van der Waals surface area contributed by atoms with Crippen molar-refractivity contribution in [1.29, 1.82) is 0 Å². The molecule has 0 fully saturated rings. The van der Waals surface area contributed by atoms with E-state index >= 15 is 0 Å². The summed E-state index contributed by atoms with van der Waals surface area (Å²) in [7, 11) is 3.60. The molecule has 2 heterocycles. The van der Waals surface area contributed by atoms with Gasteiger partial charge in [-0.15, -0.1) is 11.3 Å². The van der Waals surface area contributed by atoms with Crippen LogP contribution in [0, 0.1) is 13.8 Å². The first-order chi connectivity index (χ1) is 9.15. The maximum Gasteiger partial charge on any atom is 0.217 e. The molecule has 19 heavy (non-hydrogen) atoms. The molecule has 0 saturated carbocycles. The lowest BCUT2D eigenvalue weighted by Crippen LogP contribution is -2.19. The van der Waals surface area contributed by atoms with Gasteiger partial charge in [0.25, 0.3) is 0 Å². The summed E-state index contributed by atoms with van der Waals surface area (Å²) in [4.78, 5) is 10.1. The van der Waals surface area contributed by atoms with E-state index in [0.29, 0.717) is 5.88 Å². The largest absolute Gasteiger partial charge is 0.481 e. The van der Waals surface area contributed by atoms with Crippen LogP contribution in [-0.4, -0.2) is 24.1 Å². The number of aryl methyl sites for hydroxylation is 2. The van der Waals surface area contributed by atoms with Gasteiger partial charge >= 0.3 is 0 Å². The third kappa shape index (κ3) is 3.11. The van der Waals surface area contributed by atoms with Crippen LogP contribution in [0.3, 0.4) is 0 Å². The molecule has 0 aromatic carbocycles. The van der Waals surface area contributed by atoms with Crippen molar-refractivity contribution in [3.8, 4) is 5.88 Å². The van der Waals surface area contributed by atoms with Gasteiger partial charge in [0.05, 0.1) is 17.8 Å². The van der Waals surface area contributed by atoms with Gasteiger partial charge in [0.1, 0.15) is 0 Å². The molecule has 1 N–H and O–H groups in total. The van der Waals surface area contributed by atoms with Crippen LogP contribution in [0.15, 0.2) is 18.3 Å².